The molecule has 8 unspecified atom stereocenters. The van der Waals surface area contributed by atoms with Gasteiger partial charge in [-0.2, -0.15) is 0 Å². The summed E-state index contributed by atoms with van der Waals surface area (Å²) in [6, 6.07) is 15.3. The molecule has 0 saturated carbocycles. The molecule has 2 heterocycles. The second kappa shape index (κ2) is 27.1. The van der Waals surface area contributed by atoms with Crippen LogP contribution in [0.4, 0.5) is 11.6 Å². The van der Waals surface area contributed by atoms with Crippen molar-refractivity contribution in [2.75, 3.05) is 63.9 Å². The van der Waals surface area contributed by atoms with Crippen molar-refractivity contribution in [2.24, 2.45) is 0 Å². The number of guanidine groups is 1. The Morgan fingerprint density at radius 2 is 1.26 bits per heavy atom. The van der Waals surface area contributed by atoms with Gasteiger partial charge in [0, 0.05) is 45.7 Å². The van der Waals surface area contributed by atoms with Gasteiger partial charge in [0.1, 0.15) is 42.7 Å². The van der Waals surface area contributed by atoms with Gasteiger partial charge in [-0.3, -0.25) is 30.0 Å². The van der Waals surface area contributed by atoms with Crippen LogP contribution in [0.25, 0.3) is 11.1 Å². The lowest BCUT2D eigenvalue weighted by Gasteiger charge is -2.33. The zero-order valence-electron chi connectivity index (χ0n) is 37.4. The molecular formula is C44H65ClN10O13. The number of halogens is 1. The number of likely N-dealkylation sites (tertiary alicyclic amines) is 1. The number of hydrogen-bond donors (Lipinski definition) is 16. The minimum absolute atomic E-state index is 0.103. The number of aliphatic hydroxyl groups excluding tert-OH is 10. The second-order valence-corrected chi connectivity index (χ2v) is 17.0. The number of nitrogen functional groups attached to an aromatic ring is 2. The first-order valence-corrected chi connectivity index (χ1v) is 22.6. The summed E-state index contributed by atoms with van der Waals surface area (Å²) < 4.78 is 0. The Balaban J connectivity index is 1.21. The number of aryl methyl sites for hydroxylation is 2. The van der Waals surface area contributed by atoms with Gasteiger partial charge in [-0.05, 0) is 60.8 Å². The number of benzene rings is 2. The fraction of sp³-hybridized carbons (Fsp3) is 0.545. The van der Waals surface area contributed by atoms with Crippen molar-refractivity contribution < 1.29 is 65.4 Å². The van der Waals surface area contributed by atoms with Crippen molar-refractivity contribution in [3.63, 3.8) is 0 Å². The van der Waals surface area contributed by atoms with Crippen molar-refractivity contribution in [2.45, 2.75) is 99.8 Å². The highest BCUT2D eigenvalue weighted by Crippen LogP contribution is 2.24. The summed E-state index contributed by atoms with van der Waals surface area (Å²) >= 11 is 5.83. The van der Waals surface area contributed by atoms with Gasteiger partial charge in [-0.1, -0.05) is 60.1 Å². The fourth-order valence-electron chi connectivity index (χ4n) is 7.54. The maximum absolute atomic E-state index is 13.4. The van der Waals surface area contributed by atoms with Crippen LogP contribution in [0.3, 0.4) is 0 Å². The van der Waals surface area contributed by atoms with Crippen molar-refractivity contribution in [1.29, 1.82) is 5.41 Å². The molecule has 1 aromatic heterocycles. The number of rotatable bonds is 26. The number of nitrogens with two attached hydrogens (primary N) is 2. The number of amides is 3. The number of unbranched alkanes of at least 4 members (excludes halogenated alkanes) is 1. The molecule has 0 aliphatic carbocycles. The van der Waals surface area contributed by atoms with E-state index in [0.717, 1.165) is 41.5 Å². The highest BCUT2D eigenvalue weighted by atomic mass is 35.5. The van der Waals surface area contributed by atoms with Crippen LogP contribution in [0.5, 0.6) is 0 Å². The predicted octanol–water partition coefficient (Wildman–Crippen LogP) is -3.55. The molecule has 0 bridgehead atoms. The van der Waals surface area contributed by atoms with Crippen LogP contribution in [-0.4, -0.2) is 202 Å². The summed E-state index contributed by atoms with van der Waals surface area (Å²) in [5, 5.41) is 115. The Bertz CT molecular complexity index is 2060. The SMILES string of the molecule is N=C(NCCCCc1ccc(-c2ccc(CCC(=O)N3CCC[C@H]3C(=O)NCCN(CC(O)C(O)C(O)C(O)CO)CC(O)C(O)C(O)C(O)CO)cc2)cc1)NC(=O)c1nc(Cl)c(N)nc1N. The zero-order valence-corrected chi connectivity index (χ0v) is 38.2. The van der Waals surface area contributed by atoms with E-state index in [9.17, 15) is 55.2 Å². The monoisotopic (exact) mass is 976 g/mol. The lowest BCUT2D eigenvalue weighted by Crippen LogP contribution is -2.54. The maximum Gasteiger partial charge on any atom is 0.280 e. The number of carbonyl (C=O) groups is 3. The molecule has 3 aromatic rings. The molecule has 9 atom stereocenters. The lowest BCUT2D eigenvalue weighted by molar-refractivity contribution is -0.138. The van der Waals surface area contributed by atoms with Gasteiger partial charge >= 0.3 is 0 Å². The zero-order chi connectivity index (χ0) is 50.1. The average Bonchev–Trinajstić information content (AvgIpc) is 3.83. The van der Waals surface area contributed by atoms with Crippen molar-refractivity contribution in [1.82, 2.24) is 35.7 Å². The Morgan fingerprint density at radius 3 is 1.81 bits per heavy atom. The third kappa shape index (κ3) is 16.2. The van der Waals surface area contributed by atoms with Crippen LogP contribution in [0.2, 0.25) is 5.15 Å². The first-order valence-electron chi connectivity index (χ1n) is 22.2. The number of aliphatic hydroxyl groups is 10. The highest BCUT2D eigenvalue weighted by molar-refractivity contribution is 6.31. The van der Waals surface area contributed by atoms with Crippen LogP contribution in [0, 0.1) is 5.41 Å². The number of anilines is 2. The van der Waals surface area contributed by atoms with E-state index >= 15 is 0 Å². The van der Waals surface area contributed by atoms with Crippen LogP contribution < -0.4 is 27.4 Å². The van der Waals surface area contributed by atoms with Gasteiger partial charge in [0.2, 0.25) is 11.8 Å². The molecule has 1 aliphatic heterocycles. The average molecular weight is 978 g/mol. The maximum atomic E-state index is 13.4. The summed E-state index contributed by atoms with van der Waals surface area (Å²) in [7, 11) is 0. The van der Waals surface area contributed by atoms with E-state index in [-0.39, 0.29) is 53.9 Å². The standard InChI is InChI=1S/C44H65ClN10O13/c45-39-41(47)52-40(46)34(51-39)43(68)53-44(48)50-16-2-1-4-24-6-11-26(12-7-24)27-13-8-25(9-14-27)10-15-33(62)55-18-3-5-28(55)42(67)49-17-19-54(20-29(58)35(63)37(65)31(60)22-56)21-30(59)36(64)38(66)32(61)23-57/h6-9,11-14,28-32,35-38,56-61,63-66H,1-5,10,15-23H2,(H,49,67)(H4,46,47,52)(H3,48,50,53,68)/t28-,29?,30?,31?,32?,35?,36?,37?,38?/m0/s1. The molecule has 1 aliphatic rings. The summed E-state index contributed by atoms with van der Waals surface area (Å²) in [4.78, 5) is 49.5. The van der Waals surface area contributed by atoms with Crippen LogP contribution >= 0.6 is 11.6 Å². The molecule has 24 heteroatoms. The summed E-state index contributed by atoms with van der Waals surface area (Å²) in [6.45, 7) is -2.19. The summed E-state index contributed by atoms with van der Waals surface area (Å²) in [5.41, 5.74) is 15.1. The summed E-state index contributed by atoms with van der Waals surface area (Å²) in [6.07, 6.45) is -10.9. The molecule has 0 spiro atoms. The third-order valence-electron chi connectivity index (χ3n) is 11.6. The minimum atomic E-state index is -1.96. The molecule has 23 nitrogen and oxygen atoms in total. The molecule has 3 amide bonds. The number of carbonyl (C=O) groups excluding carboxylic acids is 3. The first kappa shape index (κ1) is 55.4. The molecule has 376 valence electrons. The second-order valence-electron chi connectivity index (χ2n) is 16.6. The molecule has 1 fully saturated rings. The Hall–Kier alpha value is -5.15. The molecule has 0 radical (unpaired) electrons. The predicted molar refractivity (Wildman–Crippen MR) is 249 cm³/mol. The topological polar surface area (TPSA) is 398 Å². The van der Waals surface area contributed by atoms with Crippen LogP contribution in [0.15, 0.2) is 48.5 Å². The van der Waals surface area contributed by atoms with Gasteiger partial charge < -0.3 is 78.1 Å². The Morgan fingerprint density at radius 1 is 0.735 bits per heavy atom. The van der Waals surface area contributed by atoms with E-state index in [1.165, 1.54) is 9.80 Å². The Labute approximate surface area is 397 Å². The van der Waals surface area contributed by atoms with Crippen molar-refractivity contribution in [3.8, 4) is 11.1 Å². The lowest BCUT2D eigenvalue weighted by atomic mass is 9.99. The smallest absolute Gasteiger partial charge is 0.280 e. The summed E-state index contributed by atoms with van der Waals surface area (Å²) in [5.74, 6) is -1.92. The largest absolute Gasteiger partial charge is 0.394 e. The van der Waals surface area contributed by atoms with Crippen molar-refractivity contribution >= 4 is 46.9 Å². The van der Waals surface area contributed by atoms with E-state index in [1.54, 1.807) is 0 Å². The van der Waals surface area contributed by atoms with Gasteiger partial charge in [0.25, 0.3) is 5.91 Å². The minimum Gasteiger partial charge on any atom is -0.394 e. The first-order chi connectivity index (χ1) is 32.3. The third-order valence-corrected chi connectivity index (χ3v) is 11.8. The number of hydrogen-bond acceptors (Lipinski definition) is 19. The van der Waals surface area contributed by atoms with E-state index in [2.05, 4.69) is 25.9 Å². The highest BCUT2D eigenvalue weighted by Gasteiger charge is 2.36. The number of nitrogens with one attached hydrogen (secondary N) is 4. The fourth-order valence-corrected chi connectivity index (χ4v) is 7.66. The van der Waals surface area contributed by atoms with E-state index < -0.39 is 93.0 Å². The quantitative estimate of drug-likeness (QED) is 0.0210. The number of aromatic nitrogens is 2. The van der Waals surface area contributed by atoms with E-state index in [4.69, 9.17) is 38.7 Å². The molecule has 1 saturated heterocycles. The normalized spacial score (nSPS) is 17.4. The van der Waals surface area contributed by atoms with Gasteiger partial charge in [-0.15, -0.1) is 0 Å². The number of nitrogens with zero attached hydrogens (tertiary/aromatic N) is 4. The molecular weight excluding hydrogens is 912 g/mol. The van der Waals surface area contributed by atoms with E-state index in [0.29, 0.717) is 32.4 Å². The van der Waals surface area contributed by atoms with Gasteiger partial charge in [0.05, 0.1) is 25.4 Å². The van der Waals surface area contributed by atoms with Crippen molar-refractivity contribution in [3.05, 3.63) is 70.5 Å². The molecule has 2 aromatic carbocycles. The van der Waals surface area contributed by atoms with Gasteiger partial charge in [0.15, 0.2) is 28.4 Å². The van der Waals surface area contributed by atoms with E-state index in [1.807, 2.05) is 48.5 Å². The Kier molecular flexibility index (Phi) is 22.1. The molecule has 18 N–H and O–H groups in total. The molecule has 4 rings (SSSR count). The van der Waals surface area contributed by atoms with Gasteiger partial charge in [-0.25, -0.2) is 9.97 Å². The van der Waals surface area contributed by atoms with Crippen LogP contribution in [-0.2, 0) is 22.4 Å². The van der Waals surface area contributed by atoms with Crippen LogP contribution in [0.1, 0.15) is 53.7 Å². The molecule has 68 heavy (non-hydrogen) atoms.